The minimum absolute atomic E-state index is 0.179. The molecule has 1 aliphatic rings. The quantitative estimate of drug-likeness (QED) is 0.128. The molecule has 0 unspecified atom stereocenters. The molecular weight excluding hydrogens is 551 g/mol. The summed E-state index contributed by atoms with van der Waals surface area (Å²) in [5.41, 5.74) is 4.32. The molecule has 210 valence electrons. The van der Waals surface area contributed by atoms with Crippen LogP contribution in [0.25, 0.3) is 0 Å². The molecule has 4 N–H and O–H groups in total. The van der Waals surface area contributed by atoms with Gasteiger partial charge in [-0.1, -0.05) is 29.3 Å². The molecule has 0 aromatic heterocycles. The molecule has 2 aromatic carbocycles. The van der Waals surface area contributed by atoms with Gasteiger partial charge in [0.2, 0.25) is 0 Å². The van der Waals surface area contributed by atoms with Gasteiger partial charge in [-0.15, -0.1) is 0 Å². The topological polar surface area (TPSA) is 140 Å². The van der Waals surface area contributed by atoms with Crippen molar-refractivity contribution in [2.45, 2.75) is 33.0 Å². The van der Waals surface area contributed by atoms with E-state index >= 15 is 0 Å². The Labute approximate surface area is 236 Å². The third-order valence-corrected chi connectivity index (χ3v) is 5.92. The first kappa shape index (κ1) is 29.9. The number of nitrogens with one attached hydrogen (secondary N) is 3. The molecule has 0 fully saturated rings. The molecule has 39 heavy (non-hydrogen) atoms. The number of ether oxygens (including phenoxy) is 4. The van der Waals surface area contributed by atoms with Crippen molar-refractivity contribution < 1.29 is 33.6 Å². The molecule has 11 nitrogen and oxygen atoms in total. The number of halogens is 2. The summed E-state index contributed by atoms with van der Waals surface area (Å²) in [4.78, 5) is 24.5. The highest BCUT2D eigenvalue weighted by Gasteiger charge is 2.32. The van der Waals surface area contributed by atoms with E-state index < -0.39 is 24.3 Å². The molecule has 0 bridgehead atoms. The zero-order chi connectivity index (χ0) is 28.5. The van der Waals surface area contributed by atoms with E-state index in [2.05, 4.69) is 21.2 Å². The number of carbonyl (C=O) groups is 2. The van der Waals surface area contributed by atoms with E-state index in [1.165, 1.54) is 13.3 Å². The van der Waals surface area contributed by atoms with E-state index in [4.69, 9.17) is 42.1 Å². The van der Waals surface area contributed by atoms with Crippen LogP contribution < -0.4 is 30.3 Å². The lowest BCUT2D eigenvalue weighted by Gasteiger charge is -2.28. The number of rotatable bonds is 12. The number of amides is 2. The Morgan fingerprint density at radius 2 is 1.90 bits per heavy atom. The second-order valence-corrected chi connectivity index (χ2v) is 9.00. The fraction of sp³-hybridized carbons (Fsp3) is 0.346. The van der Waals surface area contributed by atoms with Gasteiger partial charge in [-0.3, -0.25) is 5.43 Å². The van der Waals surface area contributed by atoms with E-state index in [1.807, 2.05) is 6.92 Å². The van der Waals surface area contributed by atoms with Gasteiger partial charge in [0, 0.05) is 16.3 Å². The highest BCUT2D eigenvalue weighted by molar-refractivity contribution is 6.36. The van der Waals surface area contributed by atoms with Crippen LogP contribution in [0.2, 0.25) is 10.0 Å². The van der Waals surface area contributed by atoms with Crippen LogP contribution in [0.15, 0.2) is 46.7 Å². The minimum Gasteiger partial charge on any atom is -0.492 e. The molecule has 0 aliphatic carbocycles. The van der Waals surface area contributed by atoms with Crippen molar-refractivity contribution >= 4 is 41.4 Å². The Balaban J connectivity index is 1.72. The maximum Gasteiger partial charge on any atom is 0.337 e. The van der Waals surface area contributed by atoms with Crippen LogP contribution in [0, 0.1) is 0 Å². The summed E-state index contributed by atoms with van der Waals surface area (Å²) in [7, 11) is 1.27. The molecule has 0 saturated carbocycles. The van der Waals surface area contributed by atoms with Crippen molar-refractivity contribution in [3.05, 3.63) is 62.8 Å². The summed E-state index contributed by atoms with van der Waals surface area (Å²) in [6.45, 7) is 5.79. The standard InChI is InChI=1S/C26H30Cl2N4O7/c1-5-37-20-10-15(23-22(25(34)36-4)14(3)30-26(35)31-23)7-8-19(20)39-13-21(33)32-29-12-16-9-17(27)11-18(28)24(16)38-6-2/h7-12,21,23,32-33H,5-6,13H2,1-4H3,(H2,30,31,35)/b29-12+/t21-,23-/m0/s1. The number of aliphatic hydroxyl groups excluding tert-OH is 1. The number of aliphatic hydroxyl groups is 1. The van der Waals surface area contributed by atoms with Gasteiger partial charge in [0.25, 0.3) is 0 Å². The highest BCUT2D eigenvalue weighted by Crippen LogP contribution is 2.35. The van der Waals surface area contributed by atoms with E-state index in [9.17, 15) is 14.7 Å². The molecule has 2 amide bonds. The average molecular weight is 581 g/mol. The van der Waals surface area contributed by atoms with Crippen molar-refractivity contribution in [1.29, 1.82) is 0 Å². The normalized spacial score (nSPS) is 15.9. The molecule has 2 atom stereocenters. The summed E-state index contributed by atoms with van der Waals surface area (Å²) in [5.74, 6) is 0.541. The summed E-state index contributed by atoms with van der Waals surface area (Å²) in [6, 6.07) is 6.94. The first-order chi connectivity index (χ1) is 18.7. The van der Waals surface area contributed by atoms with Crippen molar-refractivity contribution in [3.63, 3.8) is 0 Å². The van der Waals surface area contributed by atoms with Crippen molar-refractivity contribution in [2.24, 2.45) is 5.10 Å². The molecule has 0 radical (unpaired) electrons. The molecule has 0 saturated heterocycles. The Kier molecular flexibility index (Phi) is 10.7. The summed E-state index contributed by atoms with van der Waals surface area (Å²) in [5, 5.41) is 20.4. The van der Waals surface area contributed by atoms with Crippen molar-refractivity contribution in [1.82, 2.24) is 16.1 Å². The number of hydrogen-bond donors (Lipinski definition) is 4. The van der Waals surface area contributed by atoms with E-state index in [-0.39, 0.29) is 12.2 Å². The number of hydrazone groups is 1. The lowest BCUT2D eigenvalue weighted by molar-refractivity contribution is -0.136. The maximum absolute atomic E-state index is 12.4. The number of nitrogens with zero attached hydrogens (tertiary/aromatic N) is 1. The number of methoxy groups -OCH3 is 1. The van der Waals surface area contributed by atoms with E-state index in [0.29, 0.717) is 57.3 Å². The van der Waals surface area contributed by atoms with Gasteiger partial charge in [-0.25, -0.2) is 9.59 Å². The Morgan fingerprint density at radius 1 is 1.15 bits per heavy atom. The summed E-state index contributed by atoms with van der Waals surface area (Å²) < 4.78 is 21.9. The van der Waals surface area contributed by atoms with Gasteiger partial charge in [0.15, 0.2) is 17.7 Å². The fourth-order valence-electron chi connectivity index (χ4n) is 3.79. The second kappa shape index (κ2) is 13.9. The molecule has 0 spiro atoms. The number of allylic oxidation sites excluding steroid dienone is 1. The Hall–Kier alpha value is -3.67. The smallest absolute Gasteiger partial charge is 0.337 e. The van der Waals surface area contributed by atoms with Gasteiger partial charge in [-0.05, 0) is 50.6 Å². The highest BCUT2D eigenvalue weighted by atomic mass is 35.5. The molecule has 1 heterocycles. The van der Waals surface area contributed by atoms with Crippen molar-refractivity contribution in [3.8, 4) is 17.2 Å². The number of urea groups is 1. The number of carbonyl (C=O) groups excluding carboxylic acids is 2. The lowest BCUT2D eigenvalue weighted by atomic mass is 9.95. The molecular formula is C26H30Cl2N4O7. The summed E-state index contributed by atoms with van der Waals surface area (Å²) >= 11 is 12.3. The third kappa shape index (κ3) is 7.69. The van der Waals surface area contributed by atoms with Crippen molar-refractivity contribution in [2.75, 3.05) is 26.9 Å². The van der Waals surface area contributed by atoms with Crippen LogP contribution in [0.4, 0.5) is 4.79 Å². The fourth-order valence-corrected chi connectivity index (χ4v) is 4.35. The van der Waals surface area contributed by atoms with Crippen LogP contribution in [0.5, 0.6) is 17.2 Å². The average Bonchev–Trinajstić information content (AvgIpc) is 2.89. The third-order valence-electron chi connectivity index (χ3n) is 5.43. The predicted molar refractivity (Wildman–Crippen MR) is 147 cm³/mol. The van der Waals surface area contributed by atoms with E-state index in [0.717, 1.165) is 0 Å². The number of esters is 1. The first-order valence-corrected chi connectivity index (χ1v) is 12.8. The predicted octanol–water partition coefficient (Wildman–Crippen LogP) is 3.91. The zero-order valence-electron chi connectivity index (χ0n) is 21.8. The van der Waals surface area contributed by atoms with E-state index in [1.54, 1.807) is 44.2 Å². The molecule has 1 aliphatic heterocycles. The van der Waals surface area contributed by atoms with Gasteiger partial charge in [0.05, 0.1) is 43.2 Å². The number of benzene rings is 2. The van der Waals surface area contributed by atoms with Gasteiger partial charge >= 0.3 is 12.0 Å². The molecule has 13 heteroatoms. The zero-order valence-corrected chi connectivity index (χ0v) is 23.4. The monoisotopic (exact) mass is 580 g/mol. The lowest BCUT2D eigenvalue weighted by Crippen LogP contribution is -2.45. The Bertz CT molecular complexity index is 1270. The van der Waals surface area contributed by atoms with Crippen LogP contribution in [0.3, 0.4) is 0 Å². The van der Waals surface area contributed by atoms with Crippen LogP contribution in [-0.2, 0) is 9.53 Å². The SMILES string of the molecule is CCOc1cc([C@@H]2NC(=O)NC(C)=C2C(=O)OC)ccc1OC[C@H](O)N/N=C/c1cc(Cl)cc(Cl)c1OCC. The minimum atomic E-state index is -1.18. The van der Waals surface area contributed by atoms with Gasteiger partial charge < -0.3 is 34.7 Å². The van der Waals surface area contributed by atoms with Crippen LogP contribution in [0.1, 0.15) is 37.9 Å². The maximum atomic E-state index is 12.4. The molecule has 2 aromatic rings. The largest absolute Gasteiger partial charge is 0.492 e. The number of hydrogen-bond acceptors (Lipinski definition) is 9. The van der Waals surface area contributed by atoms with Crippen LogP contribution in [-0.4, -0.2) is 56.5 Å². The summed E-state index contributed by atoms with van der Waals surface area (Å²) in [6.07, 6.45) is 0.245. The van der Waals surface area contributed by atoms with Gasteiger partial charge in [-0.2, -0.15) is 5.10 Å². The Morgan fingerprint density at radius 3 is 2.59 bits per heavy atom. The van der Waals surface area contributed by atoms with Crippen LogP contribution >= 0.6 is 23.2 Å². The second-order valence-electron chi connectivity index (χ2n) is 8.15. The first-order valence-electron chi connectivity index (χ1n) is 12.0. The molecule has 3 rings (SSSR count). The van der Waals surface area contributed by atoms with Gasteiger partial charge in [0.1, 0.15) is 12.4 Å².